The van der Waals surface area contributed by atoms with E-state index in [9.17, 15) is 4.79 Å². The van der Waals surface area contributed by atoms with Crippen LogP contribution >= 0.6 is 0 Å². The second-order valence-corrected chi connectivity index (χ2v) is 2.84. The normalized spacial score (nSPS) is 9.93. The van der Waals surface area contributed by atoms with Crippen LogP contribution in [0.25, 0.3) is 11.5 Å². The highest BCUT2D eigenvalue weighted by atomic mass is 16.5. The molecule has 0 amide bonds. The average molecular weight is 202 g/mol. The maximum Gasteiger partial charge on any atom is 0.337 e. The molecule has 0 N–H and O–H groups in total. The number of carbonyl (C=O) groups excluding carboxylic acids is 1. The van der Waals surface area contributed by atoms with Crippen molar-refractivity contribution < 1.29 is 13.9 Å². The van der Waals surface area contributed by atoms with E-state index in [0.29, 0.717) is 17.0 Å². The third-order valence-corrected chi connectivity index (χ3v) is 1.89. The van der Waals surface area contributed by atoms with Gasteiger partial charge in [0.25, 0.3) is 0 Å². The van der Waals surface area contributed by atoms with Gasteiger partial charge in [0, 0.05) is 5.56 Å². The molecule has 0 saturated heterocycles. The van der Waals surface area contributed by atoms with Crippen molar-refractivity contribution in [2.45, 2.75) is 0 Å². The highest BCUT2D eigenvalue weighted by Crippen LogP contribution is 2.18. The van der Waals surface area contributed by atoms with E-state index in [1.54, 1.807) is 24.4 Å². The summed E-state index contributed by atoms with van der Waals surface area (Å²) in [4.78, 5) is 15.2. The van der Waals surface area contributed by atoms with Crippen LogP contribution in [-0.4, -0.2) is 18.1 Å². The van der Waals surface area contributed by atoms with E-state index in [-0.39, 0.29) is 0 Å². The topological polar surface area (TPSA) is 52.3 Å². The van der Waals surface area contributed by atoms with Gasteiger partial charge < -0.3 is 9.15 Å². The number of carbonyl (C=O) groups is 1. The first-order valence-electron chi connectivity index (χ1n) is 4.30. The predicted molar refractivity (Wildman–Crippen MR) is 52.1 cm³/mol. The van der Waals surface area contributed by atoms with Crippen LogP contribution in [0.3, 0.4) is 0 Å². The Morgan fingerprint density at radius 3 is 3.07 bits per heavy atom. The van der Waals surface area contributed by atoms with Gasteiger partial charge in [-0.05, 0) is 24.3 Å². The first kappa shape index (κ1) is 9.45. The van der Waals surface area contributed by atoms with Crippen LogP contribution in [0.4, 0.5) is 0 Å². The first-order chi connectivity index (χ1) is 7.31. The molecule has 75 valence electrons. The number of benzene rings is 1. The van der Waals surface area contributed by atoms with Crippen molar-refractivity contribution in [1.82, 2.24) is 4.98 Å². The minimum atomic E-state index is -0.403. The molecular weight excluding hydrogens is 194 g/mol. The highest BCUT2D eigenvalue weighted by molar-refractivity contribution is 5.90. The fourth-order valence-corrected chi connectivity index (χ4v) is 1.20. The second kappa shape index (κ2) is 3.96. The molecule has 1 aromatic heterocycles. The number of nitrogens with zero attached hydrogens (tertiary/aromatic N) is 1. The minimum Gasteiger partial charge on any atom is -0.465 e. The second-order valence-electron chi connectivity index (χ2n) is 2.84. The number of aromatic nitrogens is 1. The fourth-order valence-electron chi connectivity index (χ4n) is 1.20. The zero-order valence-corrected chi connectivity index (χ0v) is 8.06. The van der Waals surface area contributed by atoms with Gasteiger partial charge in [0.2, 0.25) is 5.89 Å². The van der Waals surface area contributed by atoms with Crippen molar-refractivity contribution >= 4 is 5.97 Å². The summed E-state index contributed by atoms with van der Waals surface area (Å²) in [5, 5.41) is 0. The van der Waals surface area contributed by atoms with E-state index < -0.39 is 5.97 Å². The lowest BCUT2D eigenvalue weighted by Gasteiger charge is -2.00. The van der Waals surface area contributed by atoms with Gasteiger partial charge in [-0.25, -0.2) is 9.78 Å². The van der Waals surface area contributed by atoms with Crippen molar-refractivity contribution in [2.75, 3.05) is 7.11 Å². The highest BCUT2D eigenvalue weighted by Gasteiger charge is 2.08. The van der Waals surface area contributed by atoms with Crippen molar-refractivity contribution in [3.63, 3.8) is 0 Å². The molecule has 1 heterocycles. The molecule has 0 saturated carbocycles. The largest absolute Gasteiger partial charge is 0.465 e. The summed E-state index contributed by atoms with van der Waals surface area (Å²) in [5.41, 5.74) is 1.12. The van der Waals surface area contributed by atoms with Crippen LogP contribution in [0.15, 0.2) is 35.1 Å². The quantitative estimate of drug-likeness (QED) is 0.698. The van der Waals surface area contributed by atoms with Crippen molar-refractivity contribution in [1.29, 1.82) is 0 Å². The molecular formula is C11H8NO3. The summed E-state index contributed by atoms with van der Waals surface area (Å²) in [6.45, 7) is 0. The lowest BCUT2D eigenvalue weighted by atomic mass is 10.1. The minimum absolute atomic E-state index is 0.403. The van der Waals surface area contributed by atoms with Crippen LogP contribution in [0.2, 0.25) is 0 Å². The maximum absolute atomic E-state index is 11.2. The van der Waals surface area contributed by atoms with Crippen LogP contribution in [0.5, 0.6) is 0 Å². The molecule has 1 aromatic carbocycles. The molecule has 0 aliphatic rings. The van der Waals surface area contributed by atoms with Crippen molar-refractivity contribution in [3.8, 4) is 11.5 Å². The van der Waals surface area contributed by atoms with E-state index in [2.05, 4.69) is 15.8 Å². The van der Waals surface area contributed by atoms with Gasteiger partial charge in [0.15, 0.2) is 0 Å². The molecule has 0 aliphatic carbocycles. The lowest BCUT2D eigenvalue weighted by Crippen LogP contribution is -2.00. The first-order valence-corrected chi connectivity index (χ1v) is 4.30. The molecule has 0 fully saturated rings. The lowest BCUT2D eigenvalue weighted by molar-refractivity contribution is 0.0601. The number of esters is 1. The number of ether oxygens (including phenoxy) is 1. The van der Waals surface area contributed by atoms with Crippen LogP contribution in [-0.2, 0) is 4.74 Å². The van der Waals surface area contributed by atoms with E-state index in [4.69, 9.17) is 4.42 Å². The third-order valence-electron chi connectivity index (χ3n) is 1.89. The Hall–Kier alpha value is -2.10. The number of methoxy groups -OCH3 is 1. The Bertz CT molecular complexity index is 462. The Balaban J connectivity index is 2.39. The van der Waals surface area contributed by atoms with Gasteiger partial charge in [0.05, 0.1) is 18.9 Å². The molecule has 1 radical (unpaired) electrons. The van der Waals surface area contributed by atoms with Crippen LogP contribution < -0.4 is 0 Å². The molecule has 0 spiro atoms. The van der Waals surface area contributed by atoms with Gasteiger partial charge in [-0.1, -0.05) is 0 Å². The molecule has 4 heteroatoms. The summed E-state index contributed by atoms with van der Waals surface area (Å²) in [6, 6.07) is 7.73. The van der Waals surface area contributed by atoms with Gasteiger partial charge in [0.1, 0.15) is 6.26 Å². The van der Waals surface area contributed by atoms with Gasteiger partial charge in [-0.3, -0.25) is 0 Å². The number of oxazole rings is 1. The average Bonchev–Trinajstić information content (AvgIpc) is 2.82. The SMILES string of the molecule is COC(=O)c1c[c]cc(-c2ncco2)c1. The van der Waals surface area contributed by atoms with Crippen LogP contribution in [0.1, 0.15) is 10.4 Å². The third kappa shape index (κ3) is 1.88. The van der Waals surface area contributed by atoms with E-state index >= 15 is 0 Å². The van der Waals surface area contributed by atoms with Gasteiger partial charge in [-0.15, -0.1) is 0 Å². The zero-order valence-electron chi connectivity index (χ0n) is 8.06. The number of rotatable bonds is 2. The standard InChI is InChI=1S/C11H8NO3/c1-14-11(13)9-4-2-3-8(7-9)10-12-5-6-15-10/h3-7H,1H3. The molecule has 4 nitrogen and oxygen atoms in total. The van der Waals surface area contributed by atoms with Gasteiger partial charge in [-0.2, -0.15) is 0 Å². The van der Waals surface area contributed by atoms with E-state index in [1.165, 1.54) is 13.4 Å². The molecule has 2 rings (SSSR count). The van der Waals surface area contributed by atoms with Crippen molar-refractivity contribution in [3.05, 3.63) is 42.3 Å². The Morgan fingerprint density at radius 2 is 2.40 bits per heavy atom. The fraction of sp³-hybridized carbons (Fsp3) is 0.0909. The van der Waals surface area contributed by atoms with E-state index in [0.717, 1.165) is 0 Å². The summed E-state index contributed by atoms with van der Waals surface area (Å²) < 4.78 is 9.70. The maximum atomic E-state index is 11.2. The zero-order chi connectivity index (χ0) is 10.7. The van der Waals surface area contributed by atoms with Crippen molar-refractivity contribution in [2.24, 2.45) is 0 Å². The monoisotopic (exact) mass is 202 g/mol. The summed E-state index contributed by atoms with van der Waals surface area (Å²) in [6.07, 6.45) is 3.01. The Kier molecular flexibility index (Phi) is 2.49. The molecule has 0 bridgehead atoms. The molecule has 0 unspecified atom stereocenters. The molecule has 15 heavy (non-hydrogen) atoms. The number of hydrogen-bond donors (Lipinski definition) is 0. The molecule has 2 aromatic rings. The smallest absolute Gasteiger partial charge is 0.337 e. The molecule has 0 aliphatic heterocycles. The summed E-state index contributed by atoms with van der Waals surface area (Å²) >= 11 is 0. The summed E-state index contributed by atoms with van der Waals surface area (Å²) in [5.74, 6) is 0.0525. The molecule has 0 atom stereocenters. The predicted octanol–water partition coefficient (Wildman–Crippen LogP) is 1.93. The van der Waals surface area contributed by atoms with E-state index in [1.807, 2.05) is 0 Å². The number of hydrogen-bond acceptors (Lipinski definition) is 4. The Morgan fingerprint density at radius 1 is 1.53 bits per heavy atom. The van der Waals surface area contributed by atoms with Crippen LogP contribution in [0, 0.1) is 6.07 Å². The Labute approximate surface area is 86.5 Å². The summed E-state index contributed by atoms with van der Waals surface area (Å²) in [7, 11) is 1.33. The van der Waals surface area contributed by atoms with Gasteiger partial charge >= 0.3 is 5.97 Å².